The molecule has 1 aliphatic heterocycles. The fraction of sp³-hybridized carbons (Fsp3) is 0.312. The van der Waals surface area contributed by atoms with E-state index in [1.807, 2.05) is 5.38 Å². The molecule has 10 heteroatoms. The third-order valence-electron chi connectivity index (χ3n) is 3.60. The van der Waals surface area contributed by atoms with E-state index in [0.717, 1.165) is 18.2 Å². The Labute approximate surface area is 159 Å². The third kappa shape index (κ3) is 5.10. The monoisotopic (exact) mass is 395 g/mol. The summed E-state index contributed by atoms with van der Waals surface area (Å²) in [5, 5.41) is 5.52. The SMILES string of the molecule is O=C(Cc1csc(N2CCOCC2)n1)NNC(=S)Nc1ccccc1F. The van der Waals surface area contributed by atoms with Crippen LogP contribution in [0, 0.1) is 5.82 Å². The van der Waals surface area contributed by atoms with Crippen molar-refractivity contribution in [3.05, 3.63) is 41.2 Å². The van der Waals surface area contributed by atoms with Crippen LogP contribution in [-0.2, 0) is 16.0 Å². The van der Waals surface area contributed by atoms with Crippen LogP contribution in [0.1, 0.15) is 5.69 Å². The van der Waals surface area contributed by atoms with Gasteiger partial charge in [-0.25, -0.2) is 9.37 Å². The van der Waals surface area contributed by atoms with Crippen molar-refractivity contribution in [3.8, 4) is 0 Å². The Morgan fingerprint density at radius 3 is 2.85 bits per heavy atom. The first kappa shape index (κ1) is 18.5. The number of carbonyl (C=O) groups excluding carboxylic acids is 1. The number of nitrogens with zero attached hydrogens (tertiary/aromatic N) is 2. The van der Waals surface area contributed by atoms with Crippen LogP contribution in [0.4, 0.5) is 15.2 Å². The van der Waals surface area contributed by atoms with Gasteiger partial charge >= 0.3 is 0 Å². The molecule has 3 N–H and O–H groups in total. The fourth-order valence-corrected chi connectivity index (χ4v) is 3.37. The highest BCUT2D eigenvalue weighted by Crippen LogP contribution is 2.21. The minimum atomic E-state index is -0.430. The van der Waals surface area contributed by atoms with Crippen molar-refractivity contribution < 1.29 is 13.9 Å². The van der Waals surface area contributed by atoms with Gasteiger partial charge in [-0.2, -0.15) is 0 Å². The molecular formula is C16H18FN5O2S2. The van der Waals surface area contributed by atoms with E-state index in [-0.39, 0.29) is 23.1 Å². The first-order valence-electron chi connectivity index (χ1n) is 7.99. The van der Waals surface area contributed by atoms with Gasteiger partial charge in [0.05, 0.1) is 31.0 Å². The smallest absolute Gasteiger partial charge is 0.244 e. The molecule has 0 saturated carbocycles. The number of hydrogen-bond donors (Lipinski definition) is 3. The van der Waals surface area contributed by atoms with Crippen molar-refractivity contribution in [1.29, 1.82) is 0 Å². The number of benzene rings is 1. The molecule has 2 heterocycles. The van der Waals surface area contributed by atoms with Crippen molar-refractivity contribution in [1.82, 2.24) is 15.8 Å². The summed E-state index contributed by atoms with van der Waals surface area (Å²) in [5.74, 6) is -0.720. The van der Waals surface area contributed by atoms with Crippen LogP contribution in [0.15, 0.2) is 29.6 Å². The lowest BCUT2D eigenvalue weighted by Crippen LogP contribution is -2.44. The number of hydrazine groups is 1. The average molecular weight is 395 g/mol. The minimum Gasteiger partial charge on any atom is -0.378 e. The summed E-state index contributed by atoms with van der Waals surface area (Å²) in [7, 11) is 0. The summed E-state index contributed by atoms with van der Waals surface area (Å²) in [6, 6.07) is 6.13. The Bertz CT molecular complexity index is 780. The molecule has 0 unspecified atom stereocenters. The van der Waals surface area contributed by atoms with Crippen LogP contribution < -0.4 is 21.1 Å². The summed E-state index contributed by atoms with van der Waals surface area (Å²) in [6.07, 6.45) is 0.121. The molecule has 0 aliphatic carbocycles. The summed E-state index contributed by atoms with van der Waals surface area (Å²) in [6.45, 7) is 2.98. The molecule has 1 amide bonds. The highest BCUT2D eigenvalue weighted by molar-refractivity contribution is 7.80. The van der Waals surface area contributed by atoms with Crippen LogP contribution in [0.25, 0.3) is 0 Å². The van der Waals surface area contributed by atoms with Crippen molar-refractivity contribution in [2.24, 2.45) is 0 Å². The lowest BCUT2D eigenvalue weighted by atomic mass is 10.3. The number of thiocarbonyl (C=S) groups is 1. The fourth-order valence-electron chi connectivity index (χ4n) is 2.33. The largest absolute Gasteiger partial charge is 0.378 e. The van der Waals surface area contributed by atoms with Crippen molar-refractivity contribution >= 4 is 45.4 Å². The van der Waals surface area contributed by atoms with Crippen LogP contribution in [0.3, 0.4) is 0 Å². The van der Waals surface area contributed by atoms with Crippen molar-refractivity contribution in [2.75, 3.05) is 36.5 Å². The molecule has 1 aromatic carbocycles. The maximum absolute atomic E-state index is 13.5. The number of rotatable bonds is 4. The Morgan fingerprint density at radius 2 is 2.08 bits per heavy atom. The molecule has 0 atom stereocenters. The first-order valence-corrected chi connectivity index (χ1v) is 9.28. The predicted octanol–water partition coefficient (Wildman–Crippen LogP) is 1.68. The number of morpholine rings is 1. The second kappa shape index (κ2) is 8.88. The van der Waals surface area contributed by atoms with Gasteiger partial charge in [-0.3, -0.25) is 15.6 Å². The Morgan fingerprint density at radius 1 is 1.31 bits per heavy atom. The van der Waals surface area contributed by atoms with E-state index >= 15 is 0 Å². The molecule has 138 valence electrons. The highest BCUT2D eigenvalue weighted by atomic mass is 32.1. The van der Waals surface area contributed by atoms with Crippen LogP contribution in [0.5, 0.6) is 0 Å². The molecule has 3 rings (SSSR count). The van der Waals surface area contributed by atoms with Crippen LogP contribution in [-0.4, -0.2) is 42.3 Å². The predicted molar refractivity (Wildman–Crippen MR) is 103 cm³/mol. The van der Waals surface area contributed by atoms with Gasteiger partial charge in [0.15, 0.2) is 10.2 Å². The zero-order valence-corrected chi connectivity index (χ0v) is 15.5. The van der Waals surface area contributed by atoms with E-state index in [2.05, 4.69) is 26.1 Å². The Kier molecular flexibility index (Phi) is 6.31. The van der Waals surface area contributed by atoms with Gasteiger partial charge in [-0.05, 0) is 24.4 Å². The number of ether oxygens (including phenoxy) is 1. The Hall–Kier alpha value is -2.30. The number of thiazole rings is 1. The van der Waals surface area contributed by atoms with E-state index in [1.165, 1.54) is 17.4 Å². The molecule has 26 heavy (non-hydrogen) atoms. The standard InChI is InChI=1S/C16H18FN5O2S2/c17-12-3-1-2-4-13(12)19-15(25)21-20-14(23)9-11-10-26-16(18-11)22-5-7-24-8-6-22/h1-4,10H,5-9H2,(H,20,23)(H2,19,21,25). The molecule has 0 bridgehead atoms. The zero-order chi connectivity index (χ0) is 18.4. The molecule has 1 saturated heterocycles. The number of aromatic nitrogens is 1. The normalized spacial score (nSPS) is 14.0. The first-order chi connectivity index (χ1) is 12.6. The summed E-state index contributed by atoms with van der Waals surface area (Å²) >= 11 is 6.54. The van der Waals surface area contributed by atoms with Gasteiger partial charge in [-0.1, -0.05) is 12.1 Å². The van der Waals surface area contributed by atoms with Gasteiger partial charge < -0.3 is 15.0 Å². The van der Waals surface area contributed by atoms with Crippen LogP contribution >= 0.6 is 23.6 Å². The van der Waals surface area contributed by atoms with E-state index in [4.69, 9.17) is 17.0 Å². The number of carbonyl (C=O) groups is 1. The highest BCUT2D eigenvalue weighted by Gasteiger charge is 2.15. The third-order valence-corrected chi connectivity index (χ3v) is 4.75. The summed E-state index contributed by atoms with van der Waals surface area (Å²) in [4.78, 5) is 18.6. The molecule has 2 aromatic rings. The van der Waals surface area contributed by atoms with Gasteiger partial charge in [0, 0.05) is 18.5 Å². The minimum absolute atomic E-state index is 0.0933. The van der Waals surface area contributed by atoms with Crippen molar-refractivity contribution in [3.63, 3.8) is 0 Å². The molecule has 1 fully saturated rings. The molecule has 1 aromatic heterocycles. The molecular weight excluding hydrogens is 377 g/mol. The lowest BCUT2D eigenvalue weighted by molar-refractivity contribution is -0.121. The topological polar surface area (TPSA) is 78.5 Å². The lowest BCUT2D eigenvalue weighted by Gasteiger charge is -2.26. The van der Waals surface area contributed by atoms with Gasteiger partial charge in [0.25, 0.3) is 0 Å². The van der Waals surface area contributed by atoms with E-state index < -0.39 is 5.82 Å². The van der Waals surface area contributed by atoms with Gasteiger partial charge in [0.1, 0.15) is 5.82 Å². The number of anilines is 2. The van der Waals surface area contributed by atoms with Crippen molar-refractivity contribution in [2.45, 2.75) is 6.42 Å². The average Bonchev–Trinajstić information content (AvgIpc) is 3.11. The molecule has 7 nitrogen and oxygen atoms in total. The van der Waals surface area contributed by atoms with Crippen LogP contribution in [0.2, 0.25) is 0 Å². The van der Waals surface area contributed by atoms with E-state index in [0.29, 0.717) is 18.9 Å². The number of hydrogen-bond acceptors (Lipinski definition) is 6. The second-order valence-corrected chi connectivity index (χ2v) is 6.75. The molecule has 1 aliphatic rings. The Balaban J connectivity index is 1.44. The van der Waals surface area contributed by atoms with E-state index in [1.54, 1.807) is 18.2 Å². The maximum atomic E-state index is 13.5. The number of para-hydroxylation sites is 1. The summed E-state index contributed by atoms with van der Waals surface area (Å²) in [5.41, 5.74) is 5.94. The van der Waals surface area contributed by atoms with Gasteiger partial charge in [-0.15, -0.1) is 11.3 Å². The summed E-state index contributed by atoms with van der Waals surface area (Å²) < 4.78 is 18.9. The maximum Gasteiger partial charge on any atom is 0.244 e. The van der Waals surface area contributed by atoms with Gasteiger partial charge in [0.2, 0.25) is 5.91 Å². The zero-order valence-electron chi connectivity index (χ0n) is 13.8. The number of amides is 1. The molecule has 0 spiro atoms. The second-order valence-electron chi connectivity index (χ2n) is 5.50. The number of halogens is 1. The van der Waals surface area contributed by atoms with E-state index in [9.17, 15) is 9.18 Å². The quantitative estimate of drug-likeness (QED) is 0.537. The molecule has 0 radical (unpaired) electrons. The number of nitrogens with one attached hydrogen (secondary N) is 3.